The molecule has 0 bridgehead atoms. The average molecular weight is 475 g/mol. The lowest BCUT2D eigenvalue weighted by Gasteiger charge is -2.36. The van der Waals surface area contributed by atoms with Crippen LogP contribution in [-0.4, -0.2) is 36.1 Å². The monoisotopic (exact) mass is 473 g/mol. The van der Waals surface area contributed by atoms with Crippen LogP contribution >= 0.6 is 31.9 Å². The molecule has 0 radical (unpaired) electrons. The Bertz CT molecular complexity index is 916. The minimum atomic E-state index is 0.968. The van der Waals surface area contributed by atoms with E-state index in [0.29, 0.717) is 0 Å². The Balaban J connectivity index is 1.49. The Morgan fingerprint density at radius 3 is 2.46 bits per heavy atom. The molecule has 0 N–H and O–H groups in total. The van der Waals surface area contributed by atoms with Crippen molar-refractivity contribution in [2.45, 2.75) is 13.5 Å². The Hall–Kier alpha value is -1.43. The SMILES string of the molecule is Cc1c(Br)cc(CN2CCN(c3ccc(Br)cc3)CC2)c2cccnc12. The number of benzene rings is 2. The van der Waals surface area contributed by atoms with E-state index in [1.807, 2.05) is 12.3 Å². The molecule has 1 aliphatic heterocycles. The lowest BCUT2D eigenvalue weighted by molar-refractivity contribution is 0.250. The first-order valence-electron chi connectivity index (χ1n) is 8.87. The first-order chi connectivity index (χ1) is 12.6. The zero-order valence-electron chi connectivity index (χ0n) is 14.8. The van der Waals surface area contributed by atoms with Crippen molar-refractivity contribution in [2.75, 3.05) is 31.1 Å². The second-order valence-corrected chi connectivity index (χ2v) is 8.55. The van der Waals surface area contributed by atoms with Crippen LogP contribution in [-0.2, 0) is 6.54 Å². The van der Waals surface area contributed by atoms with Gasteiger partial charge in [0, 0.05) is 58.9 Å². The number of pyridine rings is 1. The number of nitrogens with zero attached hydrogens (tertiary/aromatic N) is 3. The third-order valence-electron chi connectivity index (χ3n) is 5.13. The molecule has 3 nitrogen and oxygen atoms in total. The summed E-state index contributed by atoms with van der Waals surface area (Å²) in [6.45, 7) is 7.36. The predicted octanol–water partition coefficient (Wildman–Crippen LogP) is 5.39. The van der Waals surface area contributed by atoms with E-state index < -0.39 is 0 Å². The number of piperazine rings is 1. The van der Waals surface area contributed by atoms with Crippen molar-refractivity contribution in [1.82, 2.24) is 9.88 Å². The van der Waals surface area contributed by atoms with E-state index in [1.165, 1.54) is 22.2 Å². The molecule has 1 aromatic heterocycles. The first kappa shape index (κ1) is 18.0. The van der Waals surface area contributed by atoms with E-state index in [0.717, 1.165) is 47.2 Å². The van der Waals surface area contributed by atoms with Crippen molar-refractivity contribution in [3.63, 3.8) is 0 Å². The molecule has 0 aliphatic carbocycles. The molecular formula is C21H21Br2N3. The second-order valence-electron chi connectivity index (χ2n) is 6.78. The van der Waals surface area contributed by atoms with Gasteiger partial charge in [-0.2, -0.15) is 0 Å². The normalized spacial score (nSPS) is 15.6. The van der Waals surface area contributed by atoms with Crippen LogP contribution in [0.15, 0.2) is 57.6 Å². The van der Waals surface area contributed by atoms with Crippen LogP contribution in [0.5, 0.6) is 0 Å². The summed E-state index contributed by atoms with van der Waals surface area (Å²) in [5, 5.41) is 1.27. The summed E-state index contributed by atoms with van der Waals surface area (Å²) in [6.07, 6.45) is 1.88. The molecule has 2 aromatic carbocycles. The van der Waals surface area contributed by atoms with Crippen LogP contribution in [0.25, 0.3) is 10.9 Å². The van der Waals surface area contributed by atoms with Crippen LogP contribution in [0.4, 0.5) is 5.69 Å². The molecule has 0 atom stereocenters. The molecule has 0 amide bonds. The summed E-state index contributed by atoms with van der Waals surface area (Å²) >= 11 is 7.22. The van der Waals surface area contributed by atoms with Gasteiger partial charge in [-0.3, -0.25) is 9.88 Å². The Kier molecular flexibility index (Phi) is 5.30. The zero-order chi connectivity index (χ0) is 18.1. The summed E-state index contributed by atoms with van der Waals surface area (Å²) in [7, 11) is 0. The van der Waals surface area contributed by atoms with Gasteiger partial charge in [0.05, 0.1) is 5.52 Å². The van der Waals surface area contributed by atoms with Crippen LogP contribution in [0.1, 0.15) is 11.1 Å². The van der Waals surface area contributed by atoms with Gasteiger partial charge in [-0.25, -0.2) is 0 Å². The van der Waals surface area contributed by atoms with Crippen LogP contribution in [0.3, 0.4) is 0 Å². The van der Waals surface area contributed by atoms with Crippen molar-refractivity contribution in [1.29, 1.82) is 0 Å². The summed E-state index contributed by atoms with van der Waals surface area (Å²) in [6, 6.07) is 15.1. The van der Waals surface area contributed by atoms with Gasteiger partial charge >= 0.3 is 0 Å². The summed E-state index contributed by atoms with van der Waals surface area (Å²) in [4.78, 5) is 9.60. The number of hydrogen-bond donors (Lipinski definition) is 0. The smallest absolute Gasteiger partial charge is 0.0745 e. The second kappa shape index (κ2) is 7.67. The summed E-state index contributed by atoms with van der Waals surface area (Å²) < 4.78 is 2.28. The molecule has 0 spiro atoms. The highest BCUT2D eigenvalue weighted by Gasteiger charge is 2.19. The van der Waals surface area contributed by atoms with Gasteiger partial charge < -0.3 is 4.90 Å². The van der Waals surface area contributed by atoms with Gasteiger partial charge in [0.2, 0.25) is 0 Å². The van der Waals surface area contributed by atoms with Gasteiger partial charge in [0.25, 0.3) is 0 Å². The Labute approximate surface area is 171 Å². The van der Waals surface area contributed by atoms with E-state index in [2.05, 4.69) is 90.0 Å². The number of hydrogen-bond acceptors (Lipinski definition) is 3. The molecule has 3 aromatic rings. The molecule has 2 heterocycles. The van der Waals surface area contributed by atoms with Crippen LogP contribution < -0.4 is 4.90 Å². The molecular weight excluding hydrogens is 454 g/mol. The minimum absolute atomic E-state index is 0.968. The number of fused-ring (bicyclic) bond motifs is 1. The number of halogens is 2. The fourth-order valence-corrected chi connectivity index (χ4v) is 4.33. The van der Waals surface area contributed by atoms with Gasteiger partial charge in [-0.05, 0) is 54.4 Å². The van der Waals surface area contributed by atoms with Crippen molar-refractivity contribution in [3.8, 4) is 0 Å². The zero-order valence-corrected chi connectivity index (χ0v) is 17.9. The number of rotatable bonds is 3. The molecule has 1 saturated heterocycles. The van der Waals surface area contributed by atoms with E-state index in [4.69, 9.17) is 0 Å². The standard InChI is InChI=1S/C21H21Br2N3/c1-15-20(23)13-16(19-3-2-8-24-21(15)19)14-25-9-11-26(12-10-25)18-6-4-17(22)5-7-18/h2-8,13H,9-12,14H2,1H3. The van der Waals surface area contributed by atoms with Crippen molar-refractivity contribution in [3.05, 3.63) is 68.7 Å². The molecule has 1 aliphatic rings. The molecule has 0 unspecified atom stereocenters. The maximum absolute atomic E-state index is 4.59. The fraction of sp³-hybridized carbons (Fsp3) is 0.286. The maximum Gasteiger partial charge on any atom is 0.0745 e. The first-order valence-corrected chi connectivity index (χ1v) is 10.5. The predicted molar refractivity (Wildman–Crippen MR) is 116 cm³/mol. The molecule has 4 rings (SSSR count). The highest BCUT2D eigenvalue weighted by atomic mass is 79.9. The van der Waals surface area contributed by atoms with Gasteiger partial charge in [-0.15, -0.1) is 0 Å². The van der Waals surface area contributed by atoms with E-state index in [-0.39, 0.29) is 0 Å². The molecule has 26 heavy (non-hydrogen) atoms. The third-order valence-corrected chi connectivity index (χ3v) is 6.48. The van der Waals surface area contributed by atoms with Crippen molar-refractivity contribution < 1.29 is 0 Å². The largest absolute Gasteiger partial charge is 0.369 e. The minimum Gasteiger partial charge on any atom is -0.369 e. The van der Waals surface area contributed by atoms with Crippen molar-refractivity contribution in [2.24, 2.45) is 0 Å². The summed E-state index contributed by atoms with van der Waals surface area (Å²) in [5.74, 6) is 0. The van der Waals surface area contributed by atoms with E-state index >= 15 is 0 Å². The quantitative estimate of drug-likeness (QED) is 0.507. The van der Waals surface area contributed by atoms with Crippen LogP contribution in [0, 0.1) is 6.92 Å². The van der Waals surface area contributed by atoms with E-state index in [9.17, 15) is 0 Å². The van der Waals surface area contributed by atoms with Gasteiger partial charge in [-0.1, -0.05) is 37.9 Å². The highest BCUT2D eigenvalue weighted by Crippen LogP contribution is 2.29. The van der Waals surface area contributed by atoms with Crippen LogP contribution in [0.2, 0.25) is 0 Å². The molecule has 5 heteroatoms. The molecule has 1 fully saturated rings. The Morgan fingerprint density at radius 1 is 1.00 bits per heavy atom. The molecule has 134 valence electrons. The Morgan fingerprint density at radius 2 is 1.73 bits per heavy atom. The van der Waals surface area contributed by atoms with Gasteiger partial charge in [0.1, 0.15) is 0 Å². The number of anilines is 1. The fourth-order valence-electron chi connectivity index (χ4n) is 3.60. The van der Waals surface area contributed by atoms with E-state index in [1.54, 1.807) is 0 Å². The third kappa shape index (κ3) is 3.66. The molecule has 0 saturated carbocycles. The lowest BCUT2D eigenvalue weighted by Crippen LogP contribution is -2.46. The summed E-state index contributed by atoms with van der Waals surface area (Å²) in [5.41, 5.74) is 4.97. The lowest BCUT2D eigenvalue weighted by atomic mass is 10.0. The topological polar surface area (TPSA) is 19.4 Å². The maximum atomic E-state index is 4.59. The number of aromatic nitrogens is 1. The highest BCUT2D eigenvalue weighted by molar-refractivity contribution is 9.10. The van der Waals surface area contributed by atoms with Gasteiger partial charge in [0.15, 0.2) is 0 Å². The number of aryl methyl sites for hydroxylation is 1. The van der Waals surface area contributed by atoms with Crippen molar-refractivity contribution >= 4 is 48.5 Å². The average Bonchev–Trinajstić information content (AvgIpc) is 2.67.